The Morgan fingerprint density at radius 3 is 2.52 bits per heavy atom. The van der Waals surface area contributed by atoms with Crippen molar-refractivity contribution in [3.63, 3.8) is 0 Å². The summed E-state index contributed by atoms with van der Waals surface area (Å²) in [4.78, 5) is 6.78. The van der Waals surface area contributed by atoms with Gasteiger partial charge < -0.3 is 15.8 Å². The van der Waals surface area contributed by atoms with E-state index in [1.54, 1.807) is 0 Å². The third-order valence-electron chi connectivity index (χ3n) is 4.49. The van der Waals surface area contributed by atoms with E-state index >= 15 is 0 Å². The molecule has 0 aromatic carbocycles. The second-order valence-corrected chi connectivity index (χ2v) is 6.30. The number of nitrogens with two attached hydrogens (primary N) is 1. The van der Waals surface area contributed by atoms with Gasteiger partial charge in [0.1, 0.15) is 0 Å². The Hall–Kier alpha value is -1.78. The number of piperidine rings is 1. The minimum Gasteiger partial charge on any atom is -0.409 e. The largest absolute Gasteiger partial charge is 0.409 e. The van der Waals surface area contributed by atoms with Crippen molar-refractivity contribution < 1.29 is 5.21 Å². The molecule has 1 aliphatic heterocycles. The highest BCUT2D eigenvalue weighted by molar-refractivity contribution is 6.03. The molecule has 0 spiro atoms. The van der Waals surface area contributed by atoms with Crippen LogP contribution in [0.4, 0.5) is 5.69 Å². The molecule has 0 unspecified atom stereocenters. The van der Waals surface area contributed by atoms with Crippen molar-refractivity contribution in [2.75, 3.05) is 18.0 Å². The molecule has 1 aromatic rings. The molecule has 0 saturated carbocycles. The average molecular weight is 290 g/mol. The van der Waals surface area contributed by atoms with Crippen LogP contribution >= 0.6 is 0 Å². The monoisotopic (exact) mass is 290 g/mol. The highest BCUT2D eigenvalue weighted by Gasteiger charge is 2.25. The lowest BCUT2D eigenvalue weighted by atomic mass is 9.86. The summed E-state index contributed by atoms with van der Waals surface area (Å²) in [7, 11) is 0. The van der Waals surface area contributed by atoms with E-state index in [0.29, 0.717) is 0 Å². The number of amidine groups is 1. The van der Waals surface area contributed by atoms with Crippen molar-refractivity contribution in [2.24, 2.45) is 22.7 Å². The third-order valence-corrected chi connectivity index (χ3v) is 4.49. The number of oxime groups is 1. The molecule has 5 heteroatoms. The van der Waals surface area contributed by atoms with Crippen molar-refractivity contribution in [3.8, 4) is 0 Å². The van der Waals surface area contributed by atoms with Gasteiger partial charge in [0.05, 0.1) is 16.9 Å². The Morgan fingerprint density at radius 1 is 1.38 bits per heavy atom. The minimum atomic E-state index is 0.140. The summed E-state index contributed by atoms with van der Waals surface area (Å²) in [6.07, 6.45) is 2.38. The summed E-state index contributed by atoms with van der Waals surface area (Å²) < 4.78 is 0. The SMILES string of the molecule is Cc1cc(N2CCC(C(C)C)CC2)c(/C(N)=N/O)c(C)n1. The molecule has 5 nitrogen and oxygen atoms in total. The zero-order valence-corrected chi connectivity index (χ0v) is 13.4. The Bertz CT molecular complexity index is 531. The molecular formula is C16H26N4O. The van der Waals surface area contributed by atoms with Crippen LogP contribution in [0.1, 0.15) is 43.6 Å². The number of aryl methyl sites for hydroxylation is 2. The predicted molar refractivity (Wildman–Crippen MR) is 86.0 cm³/mol. The molecule has 0 bridgehead atoms. The van der Waals surface area contributed by atoms with Crippen LogP contribution in [0.5, 0.6) is 0 Å². The molecule has 0 aliphatic carbocycles. The van der Waals surface area contributed by atoms with Gasteiger partial charge in [0.2, 0.25) is 0 Å². The van der Waals surface area contributed by atoms with Gasteiger partial charge >= 0.3 is 0 Å². The number of aromatic nitrogens is 1. The Morgan fingerprint density at radius 2 is 2.00 bits per heavy atom. The fraction of sp³-hybridized carbons (Fsp3) is 0.625. The van der Waals surface area contributed by atoms with Crippen LogP contribution in [0.25, 0.3) is 0 Å². The predicted octanol–water partition coefficient (Wildman–Crippen LogP) is 2.67. The van der Waals surface area contributed by atoms with E-state index in [1.165, 1.54) is 12.8 Å². The van der Waals surface area contributed by atoms with Gasteiger partial charge in [-0.15, -0.1) is 0 Å². The smallest absolute Gasteiger partial charge is 0.174 e. The normalized spacial score (nSPS) is 17.6. The molecule has 0 atom stereocenters. The maximum atomic E-state index is 9.04. The van der Waals surface area contributed by atoms with Gasteiger partial charge in [-0.3, -0.25) is 4.98 Å². The lowest BCUT2D eigenvalue weighted by Gasteiger charge is -2.36. The van der Waals surface area contributed by atoms with Crippen molar-refractivity contribution in [2.45, 2.75) is 40.5 Å². The van der Waals surface area contributed by atoms with Gasteiger partial charge in [-0.25, -0.2) is 0 Å². The van der Waals surface area contributed by atoms with Crippen LogP contribution in [0.2, 0.25) is 0 Å². The Labute approximate surface area is 126 Å². The van der Waals surface area contributed by atoms with Crippen molar-refractivity contribution in [1.82, 2.24) is 4.98 Å². The molecule has 1 fully saturated rings. The van der Waals surface area contributed by atoms with Gasteiger partial charge in [-0.05, 0) is 44.6 Å². The number of pyridine rings is 1. The van der Waals surface area contributed by atoms with Gasteiger partial charge in [0.25, 0.3) is 0 Å². The van der Waals surface area contributed by atoms with E-state index in [2.05, 4.69) is 28.9 Å². The molecular weight excluding hydrogens is 264 g/mol. The number of rotatable bonds is 3. The first-order valence-corrected chi connectivity index (χ1v) is 7.65. The van der Waals surface area contributed by atoms with Gasteiger partial charge in [-0.1, -0.05) is 19.0 Å². The summed E-state index contributed by atoms with van der Waals surface area (Å²) in [6.45, 7) is 10.5. The minimum absolute atomic E-state index is 0.140. The third kappa shape index (κ3) is 3.28. The van der Waals surface area contributed by atoms with E-state index in [1.807, 2.05) is 19.9 Å². The molecule has 3 N–H and O–H groups in total. The van der Waals surface area contributed by atoms with E-state index in [-0.39, 0.29) is 5.84 Å². The van der Waals surface area contributed by atoms with Crippen molar-refractivity contribution in [3.05, 3.63) is 23.0 Å². The van der Waals surface area contributed by atoms with Crippen LogP contribution in [-0.2, 0) is 0 Å². The van der Waals surface area contributed by atoms with E-state index in [9.17, 15) is 0 Å². The molecule has 0 radical (unpaired) electrons. The second kappa shape index (κ2) is 6.33. The Balaban J connectivity index is 2.32. The zero-order chi connectivity index (χ0) is 15.6. The van der Waals surface area contributed by atoms with Crippen LogP contribution in [0.15, 0.2) is 11.2 Å². The number of nitrogens with zero attached hydrogens (tertiary/aromatic N) is 3. The van der Waals surface area contributed by atoms with Gasteiger partial charge in [-0.2, -0.15) is 0 Å². The highest BCUT2D eigenvalue weighted by atomic mass is 16.4. The van der Waals surface area contributed by atoms with Gasteiger partial charge in [0, 0.05) is 18.8 Å². The molecule has 2 rings (SSSR count). The average Bonchev–Trinajstić information content (AvgIpc) is 2.45. The lowest BCUT2D eigenvalue weighted by Crippen LogP contribution is -2.37. The number of hydrogen-bond donors (Lipinski definition) is 2. The van der Waals surface area contributed by atoms with Gasteiger partial charge in [0.15, 0.2) is 5.84 Å². The first-order valence-electron chi connectivity index (χ1n) is 7.65. The number of hydrogen-bond acceptors (Lipinski definition) is 4. The summed E-state index contributed by atoms with van der Waals surface area (Å²) >= 11 is 0. The fourth-order valence-corrected chi connectivity index (χ4v) is 3.23. The lowest BCUT2D eigenvalue weighted by molar-refractivity contribution is 0.311. The van der Waals surface area contributed by atoms with Crippen molar-refractivity contribution in [1.29, 1.82) is 0 Å². The summed E-state index contributed by atoms with van der Waals surface area (Å²) in [5, 5.41) is 12.2. The maximum absolute atomic E-state index is 9.04. The molecule has 1 aliphatic rings. The van der Waals surface area contributed by atoms with E-state index in [4.69, 9.17) is 10.9 Å². The molecule has 116 valence electrons. The Kier molecular flexibility index (Phi) is 4.70. The molecule has 1 aromatic heterocycles. The summed E-state index contributed by atoms with van der Waals surface area (Å²) in [5.74, 6) is 1.66. The van der Waals surface area contributed by atoms with Crippen LogP contribution in [0, 0.1) is 25.7 Å². The van der Waals surface area contributed by atoms with E-state index < -0.39 is 0 Å². The standard InChI is InChI=1S/C16H26N4O/c1-10(2)13-5-7-20(8-6-13)14-9-11(3)18-12(4)15(14)16(17)19-21/h9-10,13,21H,5-8H2,1-4H3,(H2,17,19). The van der Waals surface area contributed by atoms with Crippen LogP contribution in [-0.4, -0.2) is 29.1 Å². The zero-order valence-electron chi connectivity index (χ0n) is 13.4. The quantitative estimate of drug-likeness (QED) is 0.388. The number of anilines is 1. The topological polar surface area (TPSA) is 74.7 Å². The van der Waals surface area contributed by atoms with Crippen molar-refractivity contribution >= 4 is 11.5 Å². The summed E-state index contributed by atoms with van der Waals surface area (Å²) in [6, 6.07) is 2.04. The van der Waals surface area contributed by atoms with Crippen LogP contribution < -0.4 is 10.6 Å². The van der Waals surface area contributed by atoms with Crippen LogP contribution in [0.3, 0.4) is 0 Å². The molecule has 1 saturated heterocycles. The fourth-order valence-electron chi connectivity index (χ4n) is 3.23. The maximum Gasteiger partial charge on any atom is 0.174 e. The van der Waals surface area contributed by atoms with E-state index in [0.717, 1.165) is 47.6 Å². The summed E-state index contributed by atoms with van der Waals surface area (Å²) in [5.41, 5.74) is 9.43. The first kappa shape index (κ1) is 15.6. The molecule has 0 amide bonds. The first-order chi connectivity index (χ1) is 9.93. The second-order valence-electron chi connectivity index (χ2n) is 6.30. The molecule has 2 heterocycles. The highest BCUT2D eigenvalue weighted by Crippen LogP contribution is 2.31. The molecule has 21 heavy (non-hydrogen) atoms.